The van der Waals surface area contributed by atoms with E-state index < -0.39 is 29.2 Å². The molecule has 0 saturated carbocycles. The monoisotopic (exact) mass is 391 g/mol. The van der Waals surface area contributed by atoms with Crippen molar-refractivity contribution >= 4 is 5.91 Å². The average Bonchev–Trinajstić information content (AvgIpc) is 3.07. The van der Waals surface area contributed by atoms with E-state index in [0.29, 0.717) is 11.3 Å². The predicted molar refractivity (Wildman–Crippen MR) is 94.0 cm³/mol. The van der Waals surface area contributed by atoms with Crippen molar-refractivity contribution in [1.29, 1.82) is 0 Å². The van der Waals surface area contributed by atoms with E-state index in [1.54, 1.807) is 26.1 Å². The number of amides is 1. The van der Waals surface area contributed by atoms with Gasteiger partial charge in [0.2, 0.25) is 5.95 Å². The summed E-state index contributed by atoms with van der Waals surface area (Å²) in [6, 6.07) is 6.62. The number of aromatic amines is 1. The lowest BCUT2D eigenvalue weighted by Gasteiger charge is -2.15. The minimum Gasteiger partial charge on any atom is -0.344 e. The number of carbonyl (C=O) groups excluding carboxylic acids is 1. The molecule has 1 aromatic carbocycles. The normalized spacial score (nSPS) is 12.6. The maximum Gasteiger partial charge on any atom is 0.416 e. The van der Waals surface area contributed by atoms with Crippen LogP contribution in [0.15, 0.2) is 47.4 Å². The van der Waals surface area contributed by atoms with Crippen LogP contribution in [0, 0.1) is 6.92 Å². The van der Waals surface area contributed by atoms with Crippen LogP contribution in [-0.2, 0) is 6.18 Å². The van der Waals surface area contributed by atoms with Gasteiger partial charge >= 0.3 is 6.18 Å². The Morgan fingerprint density at radius 1 is 1.21 bits per heavy atom. The van der Waals surface area contributed by atoms with Crippen molar-refractivity contribution in [1.82, 2.24) is 25.1 Å². The quantitative estimate of drug-likeness (QED) is 0.715. The van der Waals surface area contributed by atoms with E-state index in [0.717, 1.165) is 18.2 Å². The Balaban J connectivity index is 1.79. The van der Waals surface area contributed by atoms with E-state index in [4.69, 9.17) is 0 Å². The van der Waals surface area contributed by atoms with Crippen LogP contribution in [-0.4, -0.2) is 25.7 Å². The van der Waals surface area contributed by atoms with Crippen molar-refractivity contribution < 1.29 is 18.0 Å². The summed E-state index contributed by atoms with van der Waals surface area (Å²) >= 11 is 0. The van der Waals surface area contributed by atoms with Crippen LogP contribution >= 0.6 is 0 Å². The first-order valence-corrected chi connectivity index (χ1v) is 8.25. The molecule has 28 heavy (non-hydrogen) atoms. The molecule has 0 bridgehead atoms. The lowest BCUT2D eigenvalue weighted by atomic mass is 10.1. The molecule has 0 aliphatic carbocycles. The Morgan fingerprint density at radius 2 is 1.89 bits per heavy atom. The van der Waals surface area contributed by atoms with Crippen molar-refractivity contribution in [3.05, 3.63) is 75.5 Å². The van der Waals surface area contributed by atoms with Crippen molar-refractivity contribution in [2.75, 3.05) is 0 Å². The fourth-order valence-corrected chi connectivity index (χ4v) is 2.52. The minimum atomic E-state index is -4.43. The van der Waals surface area contributed by atoms with Crippen LogP contribution < -0.4 is 10.9 Å². The number of hydrogen-bond acceptors (Lipinski definition) is 4. The van der Waals surface area contributed by atoms with Gasteiger partial charge in [-0.05, 0) is 37.6 Å². The van der Waals surface area contributed by atoms with Gasteiger partial charge in [0.25, 0.3) is 11.5 Å². The SMILES string of the molecule is Cc1ccn(-c2nc(C(=O)N[C@H](C)c3ccc(C(F)(F)F)cc3)cc(=O)[nH]2)n1. The molecule has 0 saturated heterocycles. The number of rotatable bonds is 4. The van der Waals surface area contributed by atoms with Crippen LogP contribution in [0.1, 0.15) is 40.3 Å². The second kappa shape index (κ2) is 7.29. The second-order valence-corrected chi connectivity index (χ2v) is 6.17. The Morgan fingerprint density at radius 3 is 2.46 bits per heavy atom. The minimum absolute atomic E-state index is 0.0768. The zero-order chi connectivity index (χ0) is 20.5. The fraction of sp³-hybridized carbons (Fsp3) is 0.222. The zero-order valence-electron chi connectivity index (χ0n) is 14.9. The molecule has 146 valence electrons. The first-order valence-electron chi connectivity index (χ1n) is 8.25. The molecular weight excluding hydrogens is 375 g/mol. The highest BCUT2D eigenvalue weighted by atomic mass is 19.4. The smallest absolute Gasteiger partial charge is 0.344 e. The van der Waals surface area contributed by atoms with Gasteiger partial charge in [0.1, 0.15) is 5.69 Å². The predicted octanol–water partition coefficient (Wildman–Crippen LogP) is 2.77. The van der Waals surface area contributed by atoms with Gasteiger partial charge < -0.3 is 5.32 Å². The van der Waals surface area contributed by atoms with Gasteiger partial charge in [0, 0.05) is 12.3 Å². The number of nitrogens with zero attached hydrogens (tertiary/aromatic N) is 3. The van der Waals surface area contributed by atoms with Crippen molar-refractivity contribution in [2.45, 2.75) is 26.1 Å². The number of halogens is 3. The lowest BCUT2D eigenvalue weighted by molar-refractivity contribution is -0.137. The fourth-order valence-electron chi connectivity index (χ4n) is 2.52. The molecule has 0 aliphatic rings. The summed E-state index contributed by atoms with van der Waals surface area (Å²) in [6.45, 7) is 3.38. The summed E-state index contributed by atoms with van der Waals surface area (Å²) in [5, 5.41) is 6.74. The molecule has 0 aliphatic heterocycles. The highest BCUT2D eigenvalue weighted by molar-refractivity contribution is 5.92. The summed E-state index contributed by atoms with van der Waals surface area (Å²) in [7, 11) is 0. The summed E-state index contributed by atoms with van der Waals surface area (Å²) in [6.07, 6.45) is -2.85. The molecule has 1 amide bonds. The molecule has 1 atom stereocenters. The molecule has 0 unspecified atom stereocenters. The molecule has 3 rings (SSSR count). The van der Waals surface area contributed by atoms with Crippen molar-refractivity contribution in [2.24, 2.45) is 0 Å². The number of alkyl halides is 3. The van der Waals surface area contributed by atoms with Crippen LogP contribution in [0.3, 0.4) is 0 Å². The van der Waals surface area contributed by atoms with Crippen LogP contribution in [0.2, 0.25) is 0 Å². The van der Waals surface area contributed by atoms with Crippen LogP contribution in [0.25, 0.3) is 5.95 Å². The molecule has 10 heteroatoms. The first kappa shape index (κ1) is 19.3. The van der Waals surface area contributed by atoms with E-state index in [1.165, 1.54) is 16.8 Å². The topological polar surface area (TPSA) is 92.7 Å². The van der Waals surface area contributed by atoms with Gasteiger partial charge in [-0.15, -0.1) is 0 Å². The summed E-state index contributed by atoms with van der Waals surface area (Å²) in [5.74, 6) is -0.559. The number of aryl methyl sites for hydroxylation is 1. The largest absolute Gasteiger partial charge is 0.416 e. The van der Waals surface area contributed by atoms with E-state index in [1.807, 2.05) is 0 Å². The second-order valence-electron chi connectivity index (χ2n) is 6.17. The van der Waals surface area contributed by atoms with Crippen LogP contribution in [0.4, 0.5) is 13.2 Å². The van der Waals surface area contributed by atoms with Crippen LogP contribution in [0.5, 0.6) is 0 Å². The van der Waals surface area contributed by atoms with E-state index >= 15 is 0 Å². The maximum absolute atomic E-state index is 12.7. The molecule has 7 nitrogen and oxygen atoms in total. The van der Waals surface area contributed by atoms with E-state index in [2.05, 4.69) is 20.4 Å². The molecule has 3 aromatic rings. The molecule has 0 spiro atoms. The molecule has 2 N–H and O–H groups in total. The third-order valence-electron chi connectivity index (χ3n) is 3.99. The third-order valence-corrected chi connectivity index (χ3v) is 3.99. The Labute approximate surface area is 157 Å². The number of hydrogen-bond donors (Lipinski definition) is 2. The number of carbonyl (C=O) groups is 1. The maximum atomic E-state index is 12.7. The van der Waals surface area contributed by atoms with E-state index in [9.17, 15) is 22.8 Å². The Bertz CT molecular complexity index is 1050. The Hall–Kier alpha value is -3.43. The summed E-state index contributed by atoms with van der Waals surface area (Å²) in [5.41, 5.74) is -0.260. The van der Waals surface area contributed by atoms with Crippen molar-refractivity contribution in [3.8, 4) is 5.95 Å². The number of aromatic nitrogens is 4. The molecule has 2 aromatic heterocycles. The van der Waals surface area contributed by atoms with Gasteiger partial charge in [0.05, 0.1) is 17.3 Å². The highest BCUT2D eigenvalue weighted by Crippen LogP contribution is 2.29. The van der Waals surface area contributed by atoms with Gasteiger partial charge in [-0.1, -0.05) is 12.1 Å². The Kier molecular flexibility index (Phi) is 5.04. The van der Waals surface area contributed by atoms with Gasteiger partial charge in [-0.3, -0.25) is 14.6 Å². The molecule has 2 heterocycles. The number of nitrogens with one attached hydrogen (secondary N) is 2. The van der Waals surface area contributed by atoms with Gasteiger partial charge in [0.15, 0.2) is 0 Å². The standard InChI is InChI=1S/C18H16F3N5O2/c1-10-7-8-26(25-10)17-23-14(9-15(27)24-17)16(28)22-11(2)12-3-5-13(6-4-12)18(19,20)21/h3-9,11H,1-2H3,(H,22,28)(H,23,24,27)/t11-/m1/s1. The zero-order valence-corrected chi connectivity index (χ0v) is 14.9. The van der Waals surface area contributed by atoms with Crippen molar-refractivity contribution in [3.63, 3.8) is 0 Å². The number of H-pyrrole nitrogens is 1. The first-order chi connectivity index (χ1) is 13.1. The third kappa shape index (κ3) is 4.27. The summed E-state index contributed by atoms with van der Waals surface area (Å²) in [4.78, 5) is 30.9. The molecular formula is C18H16F3N5O2. The number of benzene rings is 1. The molecule has 0 fully saturated rings. The average molecular weight is 391 g/mol. The summed E-state index contributed by atoms with van der Waals surface area (Å²) < 4.78 is 39.3. The van der Waals surface area contributed by atoms with E-state index in [-0.39, 0.29) is 11.6 Å². The van der Waals surface area contributed by atoms with Gasteiger partial charge in [-0.2, -0.15) is 18.3 Å². The lowest BCUT2D eigenvalue weighted by Crippen LogP contribution is -2.29. The highest BCUT2D eigenvalue weighted by Gasteiger charge is 2.30. The van der Waals surface area contributed by atoms with Gasteiger partial charge in [-0.25, -0.2) is 9.67 Å². The molecule has 0 radical (unpaired) electrons.